The monoisotopic (exact) mass is 383 g/mol. The van der Waals surface area contributed by atoms with E-state index in [2.05, 4.69) is 30.7 Å². The Morgan fingerprint density at radius 3 is 2.81 bits per heavy atom. The summed E-state index contributed by atoms with van der Waals surface area (Å²) in [5.41, 5.74) is 2.49. The van der Waals surface area contributed by atoms with Crippen molar-refractivity contribution in [1.29, 1.82) is 0 Å². The number of carbonyl (C=O) groups excluding carboxylic acids is 1. The van der Waals surface area contributed by atoms with Crippen LogP contribution in [0.15, 0.2) is 34.1 Å². The molecule has 1 aliphatic heterocycles. The van der Waals surface area contributed by atoms with E-state index in [-0.39, 0.29) is 17.4 Å². The summed E-state index contributed by atoms with van der Waals surface area (Å²) in [6, 6.07) is 7.67. The first-order valence-corrected chi connectivity index (χ1v) is 10.4. The van der Waals surface area contributed by atoms with Crippen LogP contribution in [0.4, 0.5) is 0 Å². The summed E-state index contributed by atoms with van der Waals surface area (Å²) >= 11 is 1.63. The molecule has 0 radical (unpaired) electrons. The van der Waals surface area contributed by atoms with E-state index >= 15 is 0 Å². The number of thiazole rings is 1. The van der Waals surface area contributed by atoms with Crippen molar-refractivity contribution in [3.05, 3.63) is 46.2 Å². The zero-order chi connectivity index (χ0) is 19.0. The van der Waals surface area contributed by atoms with Crippen LogP contribution in [0.1, 0.15) is 62.7 Å². The summed E-state index contributed by atoms with van der Waals surface area (Å²) in [5.74, 6) is 0.755. The van der Waals surface area contributed by atoms with Crippen LogP contribution < -0.4 is 0 Å². The van der Waals surface area contributed by atoms with Gasteiger partial charge in [-0.25, -0.2) is 9.97 Å². The summed E-state index contributed by atoms with van der Waals surface area (Å²) in [6.45, 7) is 7.18. The molecule has 0 aliphatic carbocycles. The van der Waals surface area contributed by atoms with Crippen molar-refractivity contribution in [1.82, 2.24) is 14.9 Å². The highest BCUT2D eigenvalue weighted by Gasteiger charge is 2.32. The number of aromatic nitrogens is 2. The fourth-order valence-corrected chi connectivity index (χ4v) is 4.42. The van der Waals surface area contributed by atoms with Crippen molar-refractivity contribution < 1.29 is 9.21 Å². The molecule has 1 unspecified atom stereocenters. The average Bonchev–Trinajstić information content (AvgIpc) is 3.28. The molecule has 0 saturated carbocycles. The number of piperidine rings is 1. The maximum absolute atomic E-state index is 13.0. The Morgan fingerprint density at radius 2 is 2.07 bits per heavy atom. The summed E-state index contributed by atoms with van der Waals surface area (Å²) in [5, 5.41) is 3.08. The molecule has 1 fully saturated rings. The Bertz CT molecular complexity index is 921. The van der Waals surface area contributed by atoms with Gasteiger partial charge in [-0.15, -0.1) is 11.3 Å². The van der Waals surface area contributed by atoms with Gasteiger partial charge in [0.15, 0.2) is 5.58 Å². The van der Waals surface area contributed by atoms with Gasteiger partial charge in [0.2, 0.25) is 11.8 Å². The van der Waals surface area contributed by atoms with E-state index in [1.807, 2.05) is 34.5 Å². The molecular formula is C21H25N3O2S. The average molecular weight is 384 g/mol. The van der Waals surface area contributed by atoms with Gasteiger partial charge in [0.25, 0.3) is 0 Å². The van der Waals surface area contributed by atoms with Gasteiger partial charge in [-0.2, -0.15) is 0 Å². The van der Waals surface area contributed by atoms with Gasteiger partial charge >= 0.3 is 0 Å². The molecule has 5 nitrogen and oxygen atoms in total. The Kier molecular flexibility index (Phi) is 4.76. The zero-order valence-electron chi connectivity index (χ0n) is 16.1. The quantitative estimate of drug-likeness (QED) is 0.647. The number of benzene rings is 1. The van der Waals surface area contributed by atoms with Crippen LogP contribution in [0.5, 0.6) is 0 Å². The van der Waals surface area contributed by atoms with Gasteiger partial charge in [0.05, 0.1) is 17.1 Å². The van der Waals surface area contributed by atoms with Gasteiger partial charge in [-0.3, -0.25) is 4.79 Å². The SMILES string of the molecule is CC(C)(C)c1nc(CC(=O)N2CCCCC2c2nc3ccccc3o2)cs1. The van der Waals surface area contributed by atoms with E-state index < -0.39 is 0 Å². The Balaban J connectivity index is 1.54. The summed E-state index contributed by atoms with van der Waals surface area (Å²) in [7, 11) is 0. The maximum Gasteiger partial charge on any atom is 0.229 e. The summed E-state index contributed by atoms with van der Waals surface area (Å²) in [4.78, 5) is 24.3. The Hall–Kier alpha value is -2.21. The number of likely N-dealkylation sites (tertiary alicyclic amines) is 1. The Morgan fingerprint density at radius 1 is 1.26 bits per heavy atom. The molecule has 0 N–H and O–H groups in total. The van der Waals surface area contributed by atoms with Gasteiger partial charge in [-0.1, -0.05) is 32.9 Å². The van der Waals surface area contributed by atoms with Gasteiger partial charge in [0, 0.05) is 17.3 Å². The highest BCUT2D eigenvalue weighted by atomic mass is 32.1. The van der Waals surface area contributed by atoms with Crippen LogP contribution in [0.3, 0.4) is 0 Å². The molecule has 1 amide bonds. The van der Waals surface area contributed by atoms with Crippen molar-refractivity contribution in [3.8, 4) is 0 Å². The van der Waals surface area contributed by atoms with Gasteiger partial charge < -0.3 is 9.32 Å². The lowest BCUT2D eigenvalue weighted by Crippen LogP contribution is -2.39. The first kappa shape index (κ1) is 18.2. The van der Waals surface area contributed by atoms with Crippen molar-refractivity contribution in [2.24, 2.45) is 0 Å². The number of hydrogen-bond donors (Lipinski definition) is 0. The number of amides is 1. The van der Waals surface area contributed by atoms with E-state index in [1.54, 1.807) is 11.3 Å². The van der Waals surface area contributed by atoms with Crippen molar-refractivity contribution in [2.45, 2.75) is 57.9 Å². The first-order chi connectivity index (χ1) is 12.9. The Labute approximate surface area is 163 Å². The second-order valence-electron chi connectivity index (χ2n) is 8.19. The van der Waals surface area contributed by atoms with Crippen LogP contribution in [-0.2, 0) is 16.6 Å². The van der Waals surface area contributed by atoms with Crippen LogP contribution in [-0.4, -0.2) is 27.3 Å². The number of carbonyl (C=O) groups is 1. The summed E-state index contributed by atoms with van der Waals surface area (Å²) in [6.07, 6.45) is 3.33. The van der Waals surface area contributed by atoms with E-state index in [9.17, 15) is 4.79 Å². The molecule has 3 aromatic rings. The highest BCUT2D eigenvalue weighted by molar-refractivity contribution is 7.09. The van der Waals surface area contributed by atoms with Crippen molar-refractivity contribution in [3.63, 3.8) is 0 Å². The molecule has 4 rings (SSSR count). The largest absolute Gasteiger partial charge is 0.438 e. The molecular weight excluding hydrogens is 358 g/mol. The lowest BCUT2D eigenvalue weighted by molar-refractivity contribution is -0.134. The standard InChI is InChI=1S/C21H25N3O2S/c1-21(2,3)20-22-14(13-27-20)12-18(25)24-11-7-6-9-16(24)19-23-15-8-4-5-10-17(15)26-19/h4-5,8,10,13,16H,6-7,9,11-12H2,1-3H3. The molecule has 0 spiro atoms. The summed E-state index contributed by atoms with van der Waals surface area (Å²) < 4.78 is 5.97. The third kappa shape index (κ3) is 3.76. The number of para-hydroxylation sites is 2. The number of hydrogen-bond acceptors (Lipinski definition) is 5. The second-order valence-corrected chi connectivity index (χ2v) is 9.05. The van der Waals surface area contributed by atoms with Crippen LogP contribution >= 0.6 is 11.3 Å². The van der Waals surface area contributed by atoms with Crippen molar-refractivity contribution in [2.75, 3.05) is 6.54 Å². The zero-order valence-corrected chi connectivity index (χ0v) is 16.9. The fraction of sp³-hybridized carbons (Fsp3) is 0.476. The topological polar surface area (TPSA) is 59.2 Å². The van der Waals surface area contributed by atoms with E-state index in [0.29, 0.717) is 12.3 Å². The fourth-order valence-electron chi connectivity index (χ4n) is 3.51. The molecule has 0 bridgehead atoms. The van der Waals surface area contributed by atoms with Crippen LogP contribution in [0, 0.1) is 0 Å². The maximum atomic E-state index is 13.0. The molecule has 1 aliphatic rings. The molecule has 2 aromatic heterocycles. The van der Waals surface area contributed by atoms with E-state index in [0.717, 1.165) is 47.6 Å². The third-order valence-corrected chi connectivity index (χ3v) is 6.26. The van der Waals surface area contributed by atoms with Crippen LogP contribution in [0.2, 0.25) is 0 Å². The van der Waals surface area contributed by atoms with Crippen molar-refractivity contribution >= 4 is 28.3 Å². The third-order valence-electron chi connectivity index (χ3n) is 4.94. The number of oxazole rings is 1. The highest BCUT2D eigenvalue weighted by Crippen LogP contribution is 2.33. The predicted molar refractivity (Wildman–Crippen MR) is 107 cm³/mol. The molecule has 6 heteroatoms. The minimum atomic E-state index is -0.0839. The van der Waals surface area contributed by atoms with Gasteiger partial charge in [0.1, 0.15) is 11.6 Å². The lowest BCUT2D eigenvalue weighted by atomic mass is 9.98. The first-order valence-electron chi connectivity index (χ1n) is 9.51. The molecule has 1 atom stereocenters. The number of rotatable bonds is 3. The number of fused-ring (bicyclic) bond motifs is 1. The van der Waals surface area contributed by atoms with Gasteiger partial charge in [-0.05, 0) is 31.4 Å². The molecule has 142 valence electrons. The van der Waals surface area contributed by atoms with E-state index in [4.69, 9.17) is 4.42 Å². The number of nitrogens with zero attached hydrogens (tertiary/aromatic N) is 3. The van der Waals surface area contributed by atoms with E-state index in [1.165, 1.54) is 0 Å². The smallest absolute Gasteiger partial charge is 0.229 e. The molecule has 27 heavy (non-hydrogen) atoms. The molecule has 1 aromatic carbocycles. The lowest BCUT2D eigenvalue weighted by Gasteiger charge is -2.33. The molecule has 3 heterocycles. The predicted octanol–water partition coefficient (Wildman–Crippen LogP) is 4.88. The van der Waals surface area contributed by atoms with Crippen LogP contribution in [0.25, 0.3) is 11.1 Å². The second kappa shape index (κ2) is 7.08. The minimum Gasteiger partial charge on any atom is -0.438 e. The molecule has 1 saturated heterocycles. The minimum absolute atomic E-state index is 0.0117. The normalized spacial score (nSPS) is 18.2.